The average molecular weight is 265 g/mol. The number of H-pyrrole nitrogens is 1. The molecule has 0 aliphatic carbocycles. The van der Waals surface area contributed by atoms with E-state index in [0.29, 0.717) is 21.8 Å². The molecule has 0 amide bonds. The number of nitrogens with two attached hydrogens (primary N) is 1. The van der Waals surface area contributed by atoms with Crippen molar-refractivity contribution in [3.63, 3.8) is 0 Å². The van der Waals surface area contributed by atoms with E-state index in [2.05, 4.69) is 15.0 Å². The molecular weight excluding hydrogens is 254 g/mol. The maximum atomic E-state index is 10.6. The van der Waals surface area contributed by atoms with Gasteiger partial charge in [0.1, 0.15) is 18.5 Å². The summed E-state index contributed by atoms with van der Waals surface area (Å²) in [5, 5.41) is 0. The number of aromatic amines is 1. The Morgan fingerprint density at radius 1 is 1.67 bits per heavy atom. The third kappa shape index (κ3) is 2.38. The molecule has 2 rings (SSSR count). The van der Waals surface area contributed by atoms with E-state index < -0.39 is 0 Å². The molecule has 0 saturated heterocycles. The summed E-state index contributed by atoms with van der Waals surface area (Å²) in [6, 6.07) is 0. The fraction of sp³-hybridized carbons (Fsp3) is 0.200. The van der Waals surface area contributed by atoms with Crippen LogP contribution in [0, 0.1) is 4.77 Å². The van der Waals surface area contributed by atoms with Crippen molar-refractivity contribution >= 4 is 41.4 Å². The number of nitrogen functional groups attached to an aromatic ring is 1. The highest BCUT2D eigenvalue weighted by Crippen LogP contribution is 2.15. The lowest BCUT2D eigenvalue weighted by Crippen LogP contribution is -1.98. The van der Waals surface area contributed by atoms with Gasteiger partial charge in [0.2, 0.25) is 0 Å². The molecule has 0 fully saturated rings. The minimum absolute atomic E-state index is 0.171. The Bertz CT molecular complexity index is 672. The molecule has 0 bridgehead atoms. The third-order valence-electron chi connectivity index (χ3n) is 2.17. The summed E-state index contributed by atoms with van der Waals surface area (Å²) in [5.41, 5.74) is 6.86. The number of anilines is 1. The van der Waals surface area contributed by atoms with E-state index in [-0.39, 0.29) is 12.6 Å². The Morgan fingerprint density at radius 2 is 2.44 bits per heavy atom. The molecule has 2 aromatic rings. The Balaban J connectivity index is 2.34. The first kappa shape index (κ1) is 12.2. The monoisotopic (exact) mass is 265 g/mol. The second-order valence-electron chi connectivity index (χ2n) is 3.45. The molecule has 0 spiro atoms. The van der Waals surface area contributed by atoms with Crippen molar-refractivity contribution in [3.8, 4) is 0 Å². The van der Waals surface area contributed by atoms with E-state index in [4.69, 9.17) is 22.7 Å². The van der Waals surface area contributed by atoms with Crippen molar-refractivity contribution in [3.05, 3.63) is 17.2 Å². The minimum Gasteiger partial charge on any atom is -0.462 e. The lowest BCUT2D eigenvalue weighted by atomic mass is 10.5. The van der Waals surface area contributed by atoms with E-state index in [1.54, 1.807) is 16.8 Å². The highest BCUT2D eigenvalue weighted by molar-refractivity contribution is 7.71. The molecule has 8 heteroatoms. The number of rotatable bonds is 3. The normalized spacial score (nSPS) is 11.2. The molecule has 0 atom stereocenters. The number of nitrogens with one attached hydrogen (secondary N) is 1. The smallest absolute Gasteiger partial charge is 0.302 e. The molecule has 0 saturated carbocycles. The van der Waals surface area contributed by atoms with Crippen LogP contribution in [0.25, 0.3) is 17.4 Å². The Kier molecular flexibility index (Phi) is 3.38. The van der Waals surface area contributed by atoms with Crippen LogP contribution >= 0.6 is 12.2 Å². The molecule has 0 unspecified atom stereocenters. The second-order valence-corrected chi connectivity index (χ2v) is 3.83. The number of esters is 1. The summed E-state index contributed by atoms with van der Waals surface area (Å²) in [7, 11) is 0. The molecule has 0 aliphatic rings. The molecule has 0 aromatic carbocycles. The lowest BCUT2D eigenvalue weighted by molar-refractivity contribution is -0.139. The zero-order chi connectivity index (χ0) is 13.1. The van der Waals surface area contributed by atoms with Crippen LogP contribution in [0.3, 0.4) is 0 Å². The fourth-order valence-electron chi connectivity index (χ4n) is 1.41. The predicted octanol–water partition coefficient (Wildman–Crippen LogP) is 1.10. The number of carbonyl (C=O) groups excluding carboxylic acids is 1. The van der Waals surface area contributed by atoms with Gasteiger partial charge in [0.25, 0.3) is 0 Å². The molecule has 2 aromatic heterocycles. The van der Waals surface area contributed by atoms with Crippen LogP contribution in [0.1, 0.15) is 6.92 Å². The van der Waals surface area contributed by atoms with Gasteiger partial charge >= 0.3 is 5.97 Å². The molecule has 7 nitrogen and oxygen atoms in total. The van der Waals surface area contributed by atoms with Gasteiger partial charge in [-0.05, 0) is 18.3 Å². The first-order valence-electron chi connectivity index (χ1n) is 5.10. The molecule has 94 valence electrons. The van der Waals surface area contributed by atoms with Crippen molar-refractivity contribution in [2.24, 2.45) is 0 Å². The predicted molar refractivity (Wildman–Crippen MR) is 69.1 cm³/mol. The summed E-state index contributed by atoms with van der Waals surface area (Å²) in [5.74, 6) is -0.00743. The Labute approximate surface area is 107 Å². The van der Waals surface area contributed by atoms with Gasteiger partial charge in [-0.2, -0.15) is 0 Å². The number of aromatic nitrogens is 4. The first-order valence-corrected chi connectivity index (χ1v) is 5.51. The molecule has 18 heavy (non-hydrogen) atoms. The number of nitrogens with zero attached hydrogens (tertiary/aromatic N) is 3. The largest absolute Gasteiger partial charge is 0.462 e. The van der Waals surface area contributed by atoms with Gasteiger partial charge in [0, 0.05) is 13.1 Å². The van der Waals surface area contributed by atoms with Gasteiger partial charge in [0.15, 0.2) is 16.2 Å². The van der Waals surface area contributed by atoms with E-state index in [9.17, 15) is 4.79 Å². The third-order valence-corrected chi connectivity index (χ3v) is 2.47. The topological polar surface area (TPSA) is 98.8 Å². The minimum atomic E-state index is -0.339. The van der Waals surface area contributed by atoms with Crippen LogP contribution < -0.4 is 5.73 Å². The maximum absolute atomic E-state index is 10.6. The summed E-state index contributed by atoms with van der Waals surface area (Å²) in [4.78, 5) is 21.5. The van der Waals surface area contributed by atoms with Gasteiger partial charge in [0.05, 0.1) is 0 Å². The summed E-state index contributed by atoms with van der Waals surface area (Å²) >= 11 is 5.14. The average Bonchev–Trinajstić information content (AvgIpc) is 2.63. The van der Waals surface area contributed by atoms with Crippen molar-refractivity contribution in [1.29, 1.82) is 0 Å². The van der Waals surface area contributed by atoms with Crippen LogP contribution in [0.5, 0.6) is 0 Å². The van der Waals surface area contributed by atoms with Gasteiger partial charge in [-0.15, -0.1) is 0 Å². The van der Waals surface area contributed by atoms with Crippen molar-refractivity contribution in [2.75, 3.05) is 12.3 Å². The number of imidazole rings is 1. The highest BCUT2D eigenvalue weighted by atomic mass is 32.1. The first-order chi connectivity index (χ1) is 8.59. The quantitative estimate of drug-likeness (QED) is 0.637. The van der Waals surface area contributed by atoms with Crippen molar-refractivity contribution < 1.29 is 9.53 Å². The summed E-state index contributed by atoms with van der Waals surface area (Å²) < 4.78 is 6.85. The summed E-state index contributed by atoms with van der Waals surface area (Å²) in [6.07, 6.45) is 4.68. The zero-order valence-corrected chi connectivity index (χ0v) is 10.4. The molecule has 0 radical (unpaired) electrons. The van der Waals surface area contributed by atoms with Gasteiger partial charge in [-0.25, -0.2) is 9.97 Å². The second kappa shape index (κ2) is 4.96. The van der Waals surface area contributed by atoms with Crippen LogP contribution in [0.15, 0.2) is 12.4 Å². The number of fused-ring (bicyclic) bond motifs is 1. The van der Waals surface area contributed by atoms with Crippen molar-refractivity contribution in [2.45, 2.75) is 6.92 Å². The number of ether oxygens (including phenoxy) is 1. The number of hydrogen-bond acceptors (Lipinski definition) is 6. The van der Waals surface area contributed by atoms with Gasteiger partial charge < -0.3 is 15.5 Å². The number of hydrogen-bond donors (Lipinski definition) is 2. The molecular formula is C10H11N5O2S. The zero-order valence-electron chi connectivity index (χ0n) is 9.58. The Hall–Kier alpha value is -2.22. The number of carbonyl (C=O) groups is 1. The molecule has 0 aliphatic heterocycles. The van der Waals surface area contributed by atoms with Crippen LogP contribution in [-0.4, -0.2) is 32.1 Å². The Morgan fingerprint density at radius 3 is 3.17 bits per heavy atom. The summed E-state index contributed by atoms with van der Waals surface area (Å²) in [6.45, 7) is 1.52. The van der Waals surface area contributed by atoms with Gasteiger partial charge in [-0.3, -0.25) is 9.36 Å². The molecule has 2 heterocycles. The molecule has 3 N–H and O–H groups in total. The van der Waals surface area contributed by atoms with Gasteiger partial charge in [-0.1, -0.05) is 0 Å². The van der Waals surface area contributed by atoms with Crippen molar-refractivity contribution in [1.82, 2.24) is 19.5 Å². The van der Waals surface area contributed by atoms with E-state index in [1.807, 2.05) is 0 Å². The van der Waals surface area contributed by atoms with E-state index in [1.165, 1.54) is 13.3 Å². The van der Waals surface area contributed by atoms with Crippen LogP contribution in [-0.2, 0) is 9.53 Å². The lowest BCUT2D eigenvalue weighted by Gasteiger charge is -1.97. The van der Waals surface area contributed by atoms with Crippen LogP contribution in [0.4, 0.5) is 5.82 Å². The fourth-order valence-corrected chi connectivity index (χ4v) is 1.66. The standard InChI is InChI=1S/C10H11N5O2S/c1-6(16)17-4-2-3-15-9-7(14-10(15)18)8(11)12-5-13-9/h2-3,5H,4H2,1H3,(H,14,18)(H2,11,12,13)/b3-2+. The van der Waals surface area contributed by atoms with E-state index in [0.717, 1.165) is 0 Å². The maximum Gasteiger partial charge on any atom is 0.302 e. The van der Waals surface area contributed by atoms with E-state index >= 15 is 0 Å². The van der Waals surface area contributed by atoms with Crippen LogP contribution in [0.2, 0.25) is 0 Å². The SMILES string of the molecule is CC(=O)OC/C=C/n1c(=S)[nH]c2c(N)ncnc21. The highest BCUT2D eigenvalue weighted by Gasteiger charge is 2.06.